The molecule has 0 aromatic carbocycles. The molecule has 2 aromatic heterocycles. The molecule has 0 radical (unpaired) electrons. The summed E-state index contributed by atoms with van der Waals surface area (Å²) in [5.74, 6) is -1.63. The molecule has 7 heteroatoms. The van der Waals surface area contributed by atoms with Gasteiger partial charge in [-0.2, -0.15) is 0 Å². The number of aliphatic carboxylic acids is 1. The number of aryl methyl sites for hydroxylation is 2. The van der Waals surface area contributed by atoms with Gasteiger partial charge in [0.25, 0.3) is 5.91 Å². The summed E-state index contributed by atoms with van der Waals surface area (Å²) in [5, 5.41) is 14.6. The van der Waals surface area contributed by atoms with Gasteiger partial charge in [0.1, 0.15) is 11.7 Å². The second-order valence-corrected chi connectivity index (χ2v) is 6.57. The molecule has 0 unspecified atom stereocenters. The van der Waals surface area contributed by atoms with Crippen molar-refractivity contribution in [3.05, 3.63) is 28.3 Å². The van der Waals surface area contributed by atoms with E-state index in [2.05, 4.69) is 10.3 Å². The van der Waals surface area contributed by atoms with Gasteiger partial charge in [-0.25, -0.2) is 9.78 Å². The molecule has 0 saturated heterocycles. The average Bonchev–Trinajstić information content (AvgIpc) is 3.01. The maximum atomic E-state index is 12.3. The molecule has 0 aliphatic heterocycles. The molecule has 2 N–H and O–H groups in total. The van der Waals surface area contributed by atoms with Crippen LogP contribution in [0.4, 0.5) is 0 Å². The van der Waals surface area contributed by atoms with Gasteiger partial charge in [-0.3, -0.25) is 4.79 Å². The lowest BCUT2D eigenvalue weighted by Gasteiger charge is -2.17. The van der Waals surface area contributed by atoms with Crippen LogP contribution in [0, 0.1) is 12.8 Å². The predicted molar refractivity (Wildman–Crippen MR) is 85.0 cm³/mol. The van der Waals surface area contributed by atoms with E-state index in [1.165, 1.54) is 0 Å². The van der Waals surface area contributed by atoms with E-state index >= 15 is 0 Å². The van der Waals surface area contributed by atoms with E-state index in [0.717, 1.165) is 16.3 Å². The molecule has 1 atom stereocenters. The highest BCUT2D eigenvalue weighted by molar-refractivity contribution is 7.09. The van der Waals surface area contributed by atoms with E-state index < -0.39 is 17.9 Å². The Kier molecular flexibility index (Phi) is 4.65. The van der Waals surface area contributed by atoms with Gasteiger partial charge in [-0.05, 0) is 18.9 Å². The molecule has 6 nitrogen and oxygen atoms in total. The summed E-state index contributed by atoms with van der Waals surface area (Å²) < 4.78 is 1.68. The number of thiazole rings is 1. The first-order valence-corrected chi connectivity index (χ1v) is 7.80. The second kappa shape index (κ2) is 6.31. The highest BCUT2D eigenvalue weighted by Crippen LogP contribution is 2.23. The molecule has 0 saturated carbocycles. The molecule has 118 valence electrons. The van der Waals surface area contributed by atoms with Crippen LogP contribution in [0.25, 0.3) is 11.3 Å². The van der Waals surface area contributed by atoms with Crippen LogP contribution in [0.5, 0.6) is 0 Å². The zero-order valence-corrected chi connectivity index (χ0v) is 13.8. The van der Waals surface area contributed by atoms with Crippen LogP contribution in [-0.2, 0) is 11.8 Å². The summed E-state index contributed by atoms with van der Waals surface area (Å²) in [7, 11) is 1.75. The fraction of sp³-hybridized carbons (Fsp3) is 0.400. The summed E-state index contributed by atoms with van der Waals surface area (Å²) in [5.41, 5.74) is 2.07. The van der Waals surface area contributed by atoms with Crippen molar-refractivity contribution in [1.82, 2.24) is 14.9 Å². The summed E-state index contributed by atoms with van der Waals surface area (Å²) in [6.45, 7) is 5.44. The molecule has 2 rings (SSSR count). The fourth-order valence-electron chi connectivity index (χ4n) is 2.16. The van der Waals surface area contributed by atoms with Crippen LogP contribution < -0.4 is 5.32 Å². The molecule has 0 fully saturated rings. The molecule has 0 spiro atoms. The van der Waals surface area contributed by atoms with Crippen molar-refractivity contribution in [2.24, 2.45) is 13.0 Å². The molecular weight excluding hydrogens is 302 g/mol. The van der Waals surface area contributed by atoms with Crippen molar-refractivity contribution in [3.63, 3.8) is 0 Å². The number of aromatic nitrogens is 2. The number of carbonyl (C=O) groups excluding carboxylic acids is 1. The molecule has 0 aliphatic carbocycles. The monoisotopic (exact) mass is 321 g/mol. The largest absolute Gasteiger partial charge is 0.480 e. The Morgan fingerprint density at radius 2 is 2.09 bits per heavy atom. The van der Waals surface area contributed by atoms with E-state index in [-0.39, 0.29) is 5.92 Å². The minimum atomic E-state index is -1.03. The zero-order chi connectivity index (χ0) is 16.4. The van der Waals surface area contributed by atoms with Gasteiger partial charge < -0.3 is 15.0 Å². The Morgan fingerprint density at radius 1 is 1.41 bits per heavy atom. The summed E-state index contributed by atoms with van der Waals surface area (Å²) in [4.78, 5) is 27.9. The molecule has 2 heterocycles. The Bertz CT molecular complexity index is 703. The van der Waals surface area contributed by atoms with Crippen molar-refractivity contribution < 1.29 is 14.7 Å². The number of carboxylic acid groups (broad SMARTS) is 1. The van der Waals surface area contributed by atoms with Crippen LogP contribution in [0.15, 0.2) is 17.6 Å². The van der Waals surface area contributed by atoms with Crippen LogP contribution >= 0.6 is 11.3 Å². The number of rotatable bonds is 5. The number of nitrogens with zero attached hydrogens (tertiary/aromatic N) is 2. The molecule has 22 heavy (non-hydrogen) atoms. The smallest absolute Gasteiger partial charge is 0.326 e. The van der Waals surface area contributed by atoms with E-state index in [1.807, 2.05) is 18.5 Å². The topological polar surface area (TPSA) is 84.2 Å². The summed E-state index contributed by atoms with van der Waals surface area (Å²) >= 11 is 1.54. The second-order valence-electron chi connectivity index (χ2n) is 5.51. The van der Waals surface area contributed by atoms with E-state index in [4.69, 9.17) is 5.11 Å². The molecule has 0 bridgehead atoms. The third-order valence-corrected chi connectivity index (χ3v) is 4.15. The van der Waals surface area contributed by atoms with Gasteiger partial charge in [0.05, 0.1) is 10.7 Å². The lowest BCUT2D eigenvalue weighted by molar-refractivity contribution is -0.140. The maximum Gasteiger partial charge on any atom is 0.326 e. The minimum absolute atomic E-state index is 0.192. The van der Waals surface area contributed by atoms with Gasteiger partial charge in [0, 0.05) is 24.2 Å². The Hall–Kier alpha value is -2.15. The SMILES string of the molecule is Cc1nc(-c2cc(C(=O)N[C@H](C(=O)O)C(C)C)n(C)c2)cs1. The lowest BCUT2D eigenvalue weighted by atomic mass is 10.0. The quantitative estimate of drug-likeness (QED) is 0.885. The number of carboxylic acids is 1. The number of hydrogen-bond acceptors (Lipinski definition) is 4. The minimum Gasteiger partial charge on any atom is -0.480 e. The van der Waals surface area contributed by atoms with E-state index in [0.29, 0.717) is 5.69 Å². The van der Waals surface area contributed by atoms with Gasteiger partial charge in [0.15, 0.2) is 0 Å². The Labute approximate surface area is 132 Å². The van der Waals surface area contributed by atoms with Crippen LogP contribution in [0.3, 0.4) is 0 Å². The van der Waals surface area contributed by atoms with Crippen molar-refractivity contribution in [3.8, 4) is 11.3 Å². The third-order valence-electron chi connectivity index (χ3n) is 3.37. The first-order chi connectivity index (χ1) is 10.3. The molecular formula is C15H19N3O3S. The van der Waals surface area contributed by atoms with E-state index in [9.17, 15) is 9.59 Å². The highest BCUT2D eigenvalue weighted by Gasteiger charge is 2.25. The average molecular weight is 321 g/mol. The van der Waals surface area contributed by atoms with Gasteiger partial charge in [0.2, 0.25) is 0 Å². The number of amides is 1. The third kappa shape index (κ3) is 3.36. The summed E-state index contributed by atoms with van der Waals surface area (Å²) in [6, 6.07) is 0.815. The molecule has 2 aromatic rings. The van der Waals surface area contributed by atoms with Crippen LogP contribution in [-0.4, -0.2) is 32.6 Å². The van der Waals surface area contributed by atoms with Gasteiger partial charge in [-0.15, -0.1) is 11.3 Å². The molecule has 0 aliphatic rings. The van der Waals surface area contributed by atoms with Gasteiger partial charge >= 0.3 is 5.97 Å². The zero-order valence-electron chi connectivity index (χ0n) is 13.0. The Morgan fingerprint density at radius 3 is 2.59 bits per heavy atom. The number of nitrogens with one attached hydrogen (secondary N) is 1. The molecule has 1 amide bonds. The van der Waals surface area contributed by atoms with Crippen LogP contribution in [0.2, 0.25) is 0 Å². The lowest BCUT2D eigenvalue weighted by Crippen LogP contribution is -2.44. The number of carbonyl (C=O) groups is 2. The normalized spacial score (nSPS) is 12.4. The standard InChI is InChI=1S/C15H19N3O3S/c1-8(2)13(15(20)21)17-14(19)12-5-10(6-18(12)4)11-7-22-9(3)16-11/h5-8,13H,1-4H3,(H,17,19)(H,20,21)/t13-/m0/s1. The van der Waals surface area contributed by atoms with Crippen molar-refractivity contribution in [2.75, 3.05) is 0 Å². The summed E-state index contributed by atoms with van der Waals surface area (Å²) in [6.07, 6.45) is 1.81. The van der Waals surface area contributed by atoms with Crippen molar-refractivity contribution in [1.29, 1.82) is 0 Å². The van der Waals surface area contributed by atoms with Crippen LogP contribution in [0.1, 0.15) is 29.3 Å². The fourth-order valence-corrected chi connectivity index (χ4v) is 2.78. The van der Waals surface area contributed by atoms with Crippen molar-refractivity contribution >= 4 is 23.2 Å². The van der Waals surface area contributed by atoms with Gasteiger partial charge in [-0.1, -0.05) is 13.8 Å². The van der Waals surface area contributed by atoms with Crippen molar-refractivity contribution in [2.45, 2.75) is 26.8 Å². The highest BCUT2D eigenvalue weighted by atomic mass is 32.1. The first kappa shape index (κ1) is 16.2. The first-order valence-electron chi connectivity index (χ1n) is 6.92. The Balaban J connectivity index is 2.24. The predicted octanol–water partition coefficient (Wildman–Crippen LogP) is 2.30. The number of hydrogen-bond donors (Lipinski definition) is 2. The van der Waals surface area contributed by atoms with E-state index in [1.54, 1.807) is 42.9 Å². The maximum absolute atomic E-state index is 12.3.